The highest BCUT2D eigenvalue weighted by Gasteiger charge is 2.42. The van der Waals surface area contributed by atoms with Crippen molar-refractivity contribution in [3.8, 4) is 11.8 Å². The molecule has 1 aromatic carbocycles. The Morgan fingerprint density at radius 3 is 2.95 bits per heavy atom. The van der Waals surface area contributed by atoms with Gasteiger partial charge in [0.05, 0.1) is 12.7 Å². The van der Waals surface area contributed by atoms with Gasteiger partial charge in [0.15, 0.2) is 0 Å². The maximum atomic E-state index is 9.62. The minimum absolute atomic E-state index is 0.328. The summed E-state index contributed by atoms with van der Waals surface area (Å²) in [5, 5.41) is 13.1. The number of nitrogens with one attached hydrogen (secondary N) is 1. The van der Waals surface area contributed by atoms with Crippen LogP contribution in [0.1, 0.15) is 44.6 Å². The van der Waals surface area contributed by atoms with Crippen LogP contribution >= 0.6 is 0 Å². The number of nitriles is 1. The fraction of sp³-hybridized carbons (Fsp3) is 0.611. The molecule has 1 aromatic rings. The smallest absolute Gasteiger partial charge is 0.122 e. The summed E-state index contributed by atoms with van der Waals surface area (Å²) < 4.78 is 5.90. The molecule has 0 heterocycles. The zero-order valence-corrected chi connectivity index (χ0v) is 13.2. The Labute approximate surface area is 128 Å². The van der Waals surface area contributed by atoms with E-state index in [-0.39, 0.29) is 5.54 Å². The quantitative estimate of drug-likeness (QED) is 0.828. The van der Waals surface area contributed by atoms with Crippen molar-refractivity contribution in [2.75, 3.05) is 13.2 Å². The van der Waals surface area contributed by atoms with Crippen molar-refractivity contribution in [3.63, 3.8) is 0 Å². The molecule has 0 saturated heterocycles. The number of aryl methyl sites for hydroxylation is 1. The molecular weight excluding hydrogens is 260 g/mol. The summed E-state index contributed by atoms with van der Waals surface area (Å²) in [5.74, 6) is 1.36. The molecule has 0 radical (unpaired) electrons. The molecular formula is C18H26N2O. The van der Waals surface area contributed by atoms with Gasteiger partial charge in [0, 0.05) is 0 Å². The molecule has 0 aromatic heterocycles. The SMILES string of the molecule is CCCNC1(C#N)CCCC1CCOc1ccccc1C. The zero-order chi connectivity index (χ0) is 15.1. The standard InChI is InChI=1S/C18H26N2O/c1-3-12-20-18(14-19)11-6-8-16(18)10-13-21-17-9-5-4-7-15(17)2/h4-5,7,9,16,20H,3,6,8,10-13H2,1-2H3. The third-order valence-corrected chi connectivity index (χ3v) is 4.53. The van der Waals surface area contributed by atoms with E-state index in [1.165, 1.54) is 5.56 Å². The van der Waals surface area contributed by atoms with Crippen LogP contribution in [0.4, 0.5) is 0 Å². The van der Waals surface area contributed by atoms with Crippen LogP contribution in [0.15, 0.2) is 24.3 Å². The first kappa shape index (κ1) is 15.9. The van der Waals surface area contributed by atoms with E-state index in [4.69, 9.17) is 4.74 Å². The van der Waals surface area contributed by atoms with Gasteiger partial charge >= 0.3 is 0 Å². The first-order valence-corrected chi connectivity index (χ1v) is 8.06. The average Bonchev–Trinajstić information content (AvgIpc) is 2.90. The minimum Gasteiger partial charge on any atom is -0.493 e. The molecule has 1 aliphatic rings. The molecule has 0 bridgehead atoms. The summed E-state index contributed by atoms with van der Waals surface area (Å²) in [7, 11) is 0. The Morgan fingerprint density at radius 2 is 2.24 bits per heavy atom. The third-order valence-electron chi connectivity index (χ3n) is 4.53. The third kappa shape index (κ3) is 3.77. The van der Waals surface area contributed by atoms with Crippen LogP contribution in [0.25, 0.3) is 0 Å². The normalized spacial score (nSPS) is 24.7. The second kappa shape index (κ2) is 7.47. The van der Waals surface area contributed by atoms with E-state index in [2.05, 4.69) is 31.3 Å². The van der Waals surface area contributed by atoms with E-state index < -0.39 is 0 Å². The van der Waals surface area contributed by atoms with Gasteiger partial charge in [0.25, 0.3) is 0 Å². The topological polar surface area (TPSA) is 45.0 Å². The summed E-state index contributed by atoms with van der Waals surface area (Å²) in [6.07, 6.45) is 5.24. The van der Waals surface area contributed by atoms with Gasteiger partial charge in [-0.05, 0) is 56.7 Å². The minimum atomic E-state index is -0.328. The molecule has 0 amide bonds. The van der Waals surface area contributed by atoms with Crippen molar-refractivity contribution in [3.05, 3.63) is 29.8 Å². The van der Waals surface area contributed by atoms with Gasteiger partial charge in [-0.25, -0.2) is 0 Å². The van der Waals surface area contributed by atoms with E-state index >= 15 is 0 Å². The van der Waals surface area contributed by atoms with Gasteiger partial charge in [0.1, 0.15) is 11.3 Å². The lowest BCUT2D eigenvalue weighted by molar-refractivity contribution is 0.232. The largest absolute Gasteiger partial charge is 0.493 e. The lowest BCUT2D eigenvalue weighted by atomic mass is 9.86. The number of nitrogens with zero attached hydrogens (tertiary/aromatic N) is 1. The molecule has 1 N–H and O–H groups in total. The fourth-order valence-corrected chi connectivity index (χ4v) is 3.27. The lowest BCUT2D eigenvalue weighted by Gasteiger charge is -2.30. The molecule has 3 nitrogen and oxygen atoms in total. The maximum absolute atomic E-state index is 9.62. The van der Waals surface area contributed by atoms with Crippen molar-refractivity contribution in [2.45, 2.75) is 51.5 Å². The molecule has 0 spiro atoms. The van der Waals surface area contributed by atoms with Gasteiger partial charge in [-0.15, -0.1) is 0 Å². The van der Waals surface area contributed by atoms with Crippen LogP contribution in [-0.2, 0) is 0 Å². The highest BCUT2D eigenvalue weighted by Crippen LogP contribution is 2.37. The van der Waals surface area contributed by atoms with Crippen LogP contribution in [-0.4, -0.2) is 18.7 Å². The van der Waals surface area contributed by atoms with Crippen LogP contribution in [0.3, 0.4) is 0 Å². The lowest BCUT2D eigenvalue weighted by Crippen LogP contribution is -2.47. The van der Waals surface area contributed by atoms with Gasteiger partial charge in [0.2, 0.25) is 0 Å². The van der Waals surface area contributed by atoms with Crippen molar-refractivity contribution >= 4 is 0 Å². The van der Waals surface area contributed by atoms with Crippen LogP contribution in [0.5, 0.6) is 5.75 Å². The second-order valence-corrected chi connectivity index (χ2v) is 6.00. The molecule has 1 aliphatic carbocycles. The van der Waals surface area contributed by atoms with Gasteiger partial charge < -0.3 is 4.74 Å². The molecule has 1 saturated carbocycles. The molecule has 3 heteroatoms. The predicted molar refractivity (Wildman–Crippen MR) is 85.3 cm³/mol. The molecule has 21 heavy (non-hydrogen) atoms. The Hall–Kier alpha value is -1.53. The van der Waals surface area contributed by atoms with Crippen LogP contribution in [0, 0.1) is 24.2 Å². The van der Waals surface area contributed by atoms with Gasteiger partial charge in [-0.3, -0.25) is 5.32 Å². The van der Waals surface area contributed by atoms with E-state index in [0.717, 1.165) is 44.4 Å². The molecule has 0 aliphatic heterocycles. The average molecular weight is 286 g/mol. The first-order valence-electron chi connectivity index (χ1n) is 8.06. The van der Waals surface area contributed by atoms with Crippen LogP contribution < -0.4 is 10.1 Å². The maximum Gasteiger partial charge on any atom is 0.122 e. The number of hydrogen-bond acceptors (Lipinski definition) is 3. The molecule has 2 rings (SSSR count). The fourth-order valence-electron chi connectivity index (χ4n) is 3.27. The van der Waals surface area contributed by atoms with Crippen molar-refractivity contribution in [2.24, 2.45) is 5.92 Å². The van der Waals surface area contributed by atoms with Crippen molar-refractivity contribution in [1.82, 2.24) is 5.32 Å². The molecule has 1 fully saturated rings. The summed E-state index contributed by atoms with van der Waals surface area (Å²) in [6, 6.07) is 10.7. The highest BCUT2D eigenvalue weighted by atomic mass is 16.5. The molecule has 2 atom stereocenters. The van der Waals surface area contributed by atoms with Crippen LogP contribution in [0.2, 0.25) is 0 Å². The summed E-state index contributed by atoms with van der Waals surface area (Å²) in [4.78, 5) is 0. The summed E-state index contributed by atoms with van der Waals surface area (Å²) >= 11 is 0. The molecule has 2 unspecified atom stereocenters. The number of rotatable bonds is 7. The Bertz CT molecular complexity index is 494. The van der Waals surface area contributed by atoms with E-state index in [0.29, 0.717) is 12.5 Å². The number of para-hydroxylation sites is 1. The molecule has 114 valence electrons. The summed E-state index contributed by atoms with van der Waals surface area (Å²) in [5.41, 5.74) is 0.838. The Morgan fingerprint density at radius 1 is 1.43 bits per heavy atom. The number of benzene rings is 1. The Kier molecular flexibility index (Phi) is 5.64. The van der Waals surface area contributed by atoms with E-state index in [9.17, 15) is 5.26 Å². The predicted octanol–water partition coefficient (Wildman–Crippen LogP) is 3.83. The Balaban J connectivity index is 1.90. The number of ether oxygens (including phenoxy) is 1. The van der Waals surface area contributed by atoms with Crippen molar-refractivity contribution in [1.29, 1.82) is 5.26 Å². The second-order valence-electron chi connectivity index (χ2n) is 6.00. The number of hydrogen-bond donors (Lipinski definition) is 1. The van der Waals surface area contributed by atoms with Gasteiger partial charge in [-0.2, -0.15) is 5.26 Å². The zero-order valence-electron chi connectivity index (χ0n) is 13.2. The summed E-state index contributed by atoms with van der Waals surface area (Å²) in [6.45, 7) is 5.81. The van der Waals surface area contributed by atoms with Crippen molar-refractivity contribution < 1.29 is 4.74 Å². The van der Waals surface area contributed by atoms with E-state index in [1.54, 1.807) is 0 Å². The van der Waals surface area contributed by atoms with E-state index in [1.807, 2.05) is 18.2 Å². The van der Waals surface area contributed by atoms with Gasteiger partial charge in [-0.1, -0.05) is 31.5 Å². The highest BCUT2D eigenvalue weighted by molar-refractivity contribution is 5.31. The monoisotopic (exact) mass is 286 g/mol. The first-order chi connectivity index (χ1) is 10.2.